The number of carbonyl (C=O) groups is 1. The van der Waals surface area contributed by atoms with E-state index in [9.17, 15) is 18.0 Å². The van der Waals surface area contributed by atoms with Crippen molar-refractivity contribution in [1.29, 1.82) is 0 Å². The van der Waals surface area contributed by atoms with Crippen LogP contribution in [-0.2, 0) is 13.2 Å². The number of piperazine rings is 1. The van der Waals surface area contributed by atoms with Crippen molar-refractivity contribution in [2.45, 2.75) is 6.18 Å². The van der Waals surface area contributed by atoms with Crippen LogP contribution in [0, 0.1) is 0 Å². The average Bonchev–Trinajstić information content (AvgIpc) is 3.34. The maximum Gasteiger partial charge on any atom is 0.433 e. The highest BCUT2D eigenvalue weighted by Crippen LogP contribution is 2.36. The van der Waals surface area contributed by atoms with Gasteiger partial charge in [0.05, 0.1) is 5.52 Å². The molecular weight excluding hydrogens is 481 g/mol. The SMILES string of the molecule is Cn1cccc1C(=O)NCCN1CCN(c2ncc(-c3ccccc3)c3nc(C(F)(F)F)ccc23)CC1. The van der Waals surface area contributed by atoms with E-state index in [1.807, 2.05) is 49.6 Å². The smallest absolute Gasteiger partial charge is 0.353 e. The molecule has 7 nitrogen and oxygen atoms in total. The predicted octanol–water partition coefficient (Wildman–Crippen LogP) is 4.21. The molecule has 3 aromatic heterocycles. The Morgan fingerprint density at radius 3 is 2.43 bits per heavy atom. The lowest BCUT2D eigenvalue weighted by Gasteiger charge is -2.36. The predicted molar refractivity (Wildman–Crippen MR) is 136 cm³/mol. The number of halogens is 3. The summed E-state index contributed by atoms with van der Waals surface area (Å²) in [4.78, 5) is 25.3. The highest BCUT2D eigenvalue weighted by Gasteiger charge is 2.33. The molecule has 1 aliphatic heterocycles. The van der Waals surface area contributed by atoms with Crippen LogP contribution < -0.4 is 10.2 Å². The number of nitrogens with zero attached hydrogens (tertiary/aromatic N) is 5. The van der Waals surface area contributed by atoms with Crippen LogP contribution >= 0.6 is 0 Å². The van der Waals surface area contributed by atoms with Crippen molar-refractivity contribution >= 4 is 22.6 Å². The summed E-state index contributed by atoms with van der Waals surface area (Å²) in [6.45, 7) is 4.07. The van der Waals surface area contributed by atoms with Crippen LogP contribution in [0.25, 0.3) is 22.0 Å². The van der Waals surface area contributed by atoms with Gasteiger partial charge in [0, 0.05) is 69.7 Å². The first-order valence-electron chi connectivity index (χ1n) is 12.1. The van der Waals surface area contributed by atoms with E-state index in [1.54, 1.807) is 16.8 Å². The zero-order valence-electron chi connectivity index (χ0n) is 20.4. The summed E-state index contributed by atoms with van der Waals surface area (Å²) in [6.07, 6.45) is -1.09. The van der Waals surface area contributed by atoms with Gasteiger partial charge in [-0.25, -0.2) is 9.97 Å². The quantitative estimate of drug-likeness (QED) is 0.423. The molecule has 10 heteroatoms. The lowest BCUT2D eigenvalue weighted by molar-refractivity contribution is -0.140. The van der Waals surface area contributed by atoms with Gasteiger partial charge in [-0.2, -0.15) is 13.2 Å². The zero-order valence-corrected chi connectivity index (χ0v) is 20.4. The molecule has 1 fully saturated rings. The van der Waals surface area contributed by atoms with Crippen LogP contribution in [0.1, 0.15) is 16.2 Å². The Morgan fingerprint density at radius 2 is 1.76 bits per heavy atom. The first-order valence-corrected chi connectivity index (χ1v) is 12.1. The molecule has 1 N–H and O–H groups in total. The number of anilines is 1. The third kappa shape index (κ3) is 5.29. The molecule has 37 heavy (non-hydrogen) atoms. The minimum Gasteiger partial charge on any atom is -0.353 e. The molecule has 1 saturated heterocycles. The normalized spacial score (nSPS) is 14.8. The van der Waals surface area contributed by atoms with E-state index in [4.69, 9.17) is 0 Å². The summed E-state index contributed by atoms with van der Waals surface area (Å²) in [6, 6.07) is 15.3. The minimum atomic E-state index is -4.53. The van der Waals surface area contributed by atoms with Crippen molar-refractivity contribution in [3.8, 4) is 11.1 Å². The molecule has 0 bridgehead atoms. The lowest BCUT2D eigenvalue weighted by atomic mass is 10.0. The van der Waals surface area contributed by atoms with E-state index in [-0.39, 0.29) is 11.4 Å². The summed E-state index contributed by atoms with van der Waals surface area (Å²) < 4.78 is 42.2. The number of nitrogens with one attached hydrogen (secondary N) is 1. The van der Waals surface area contributed by atoms with E-state index < -0.39 is 11.9 Å². The third-order valence-electron chi connectivity index (χ3n) is 6.64. The minimum absolute atomic E-state index is 0.106. The standard InChI is InChI=1S/C27H27F3N6O/c1-34-12-5-8-22(34)26(37)31-11-13-35-14-16-36(17-15-35)25-20-9-10-23(27(28,29)30)33-24(20)21(18-32-25)19-6-3-2-4-7-19/h2-10,12,18H,11,13-17H2,1H3,(H,31,37). The average molecular weight is 509 g/mol. The molecular formula is C27H27F3N6O. The molecule has 1 aromatic carbocycles. The molecule has 4 aromatic rings. The monoisotopic (exact) mass is 508 g/mol. The second-order valence-electron chi connectivity index (χ2n) is 9.04. The van der Waals surface area contributed by atoms with Gasteiger partial charge in [0.2, 0.25) is 0 Å². The summed E-state index contributed by atoms with van der Waals surface area (Å²) >= 11 is 0. The molecule has 0 atom stereocenters. The fraction of sp³-hybridized carbons (Fsp3) is 0.296. The topological polar surface area (TPSA) is 66.3 Å². The van der Waals surface area contributed by atoms with Gasteiger partial charge in [-0.05, 0) is 29.8 Å². The molecule has 1 aliphatic rings. The first kappa shape index (κ1) is 24.8. The van der Waals surface area contributed by atoms with Crippen molar-refractivity contribution in [2.24, 2.45) is 7.05 Å². The first-order chi connectivity index (χ1) is 17.8. The largest absolute Gasteiger partial charge is 0.433 e. The number of benzene rings is 1. The fourth-order valence-corrected chi connectivity index (χ4v) is 4.64. The number of rotatable bonds is 6. The Hall–Kier alpha value is -3.92. The number of carbonyl (C=O) groups excluding carboxylic acids is 1. The van der Waals surface area contributed by atoms with Gasteiger partial charge in [0.1, 0.15) is 17.2 Å². The maximum absolute atomic E-state index is 13.5. The molecule has 0 spiro atoms. The van der Waals surface area contributed by atoms with Gasteiger partial charge in [-0.3, -0.25) is 9.69 Å². The molecule has 5 rings (SSSR count). The summed E-state index contributed by atoms with van der Waals surface area (Å²) in [5, 5.41) is 3.55. The van der Waals surface area contributed by atoms with Gasteiger partial charge in [-0.15, -0.1) is 0 Å². The van der Waals surface area contributed by atoms with Crippen LogP contribution in [-0.4, -0.2) is 64.6 Å². The molecule has 0 saturated carbocycles. The van der Waals surface area contributed by atoms with Crippen LogP contribution in [0.15, 0.2) is 67.0 Å². The molecule has 4 heterocycles. The van der Waals surface area contributed by atoms with Gasteiger partial charge in [-0.1, -0.05) is 30.3 Å². The van der Waals surface area contributed by atoms with Crippen LogP contribution in [0.2, 0.25) is 0 Å². The van der Waals surface area contributed by atoms with E-state index >= 15 is 0 Å². The number of pyridine rings is 2. The number of hydrogen-bond donors (Lipinski definition) is 1. The van der Waals surface area contributed by atoms with Crippen molar-refractivity contribution in [3.05, 3.63) is 78.4 Å². The van der Waals surface area contributed by atoms with Gasteiger partial charge >= 0.3 is 6.18 Å². The Kier molecular flexibility index (Phi) is 6.84. The summed E-state index contributed by atoms with van der Waals surface area (Å²) in [5.41, 5.74) is 1.32. The van der Waals surface area contributed by atoms with Gasteiger partial charge in [0.25, 0.3) is 5.91 Å². The van der Waals surface area contributed by atoms with Crippen LogP contribution in [0.5, 0.6) is 0 Å². The summed E-state index contributed by atoms with van der Waals surface area (Å²) in [5.74, 6) is 0.526. The Morgan fingerprint density at radius 1 is 1.00 bits per heavy atom. The Bertz CT molecular complexity index is 1390. The van der Waals surface area contributed by atoms with Gasteiger partial charge in [0.15, 0.2) is 0 Å². The van der Waals surface area contributed by atoms with E-state index in [0.29, 0.717) is 48.6 Å². The van der Waals surface area contributed by atoms with Crippen LogP contribution in [0.3, 0.4) is 0 Å². The van der Waals surface area contributed by atoms with Crippen LogP contribution in [0.4, 0.5) is 19.0 Å². The molecule has 0 unspecified atom stereocenters. The fourth-order valence-electron chi connectivity index (χ4n) is 4.64. The number of amides is 1. The van der Waals surface area contributed by atoms with E-state index in [2.05, 4.69) is 25.1 Å². The third-order valence-corrected chi connectivity index (χ3v) is 6.64. The number of fused-ring (bicyclic) bond motifs is 1. The lowest BCUT2D eigenvalue weighted by Crippen LogP contribution is -2.48. The van der Waals surface area contributed by atoms with E-state index in [1.165, 1.54) is 6.07 Å². The maximum atomic E-state index is 13.5. The molecule has 1 amide bonds. The Labute approximate surface area is 212 Å². The van der Waals surface area contributed by atoms with Crippen molar-refractivity contribution < 1.29 is 18.0 Å². The zero-order chi connectivity index (χ0) is 26.0. The highest BCUT2D eigenvalue weighted by molar-refractivity contribution is 5.99. The molecule has 0 aliphatic carbocycles. The number of alkyl halides is 3. The molecule has 192 valence electrons. The number of aryl methyl sites for hydroxylation is 1. The second kappa shape index (κ2) is 10.2. The van der Waals surface area contributed by atoms with Gasteiger partial charge < -0.3 is 14.8 Å². The summed E-state index contributed by atoms with van der Waals surface area (Å²) in [7, 11) is 1.83. The Balaban J connectivity index is 1.31. The van der Waals surface area contributed by atoms with Crippen molar-refractivity contribution in [2.75, 3.05) is 44.2 Å². The van der Waals surface area contributed by atoms with E-state index in [0.717, 1.165) is 24.7 Å². The van der Waals surface area contributed by atoms with Crippen molar-refractivity contribution in [3.63, 3.8) is 0 Å². The second-order valence-corrected chi connectivity index (χ2v) is 9.04. The number of hydrogen-bond acceptors (Lipinski definition) is 5. The molecule has 0 radical (unpaired) electrons. The van der Waals surface area contributed by atoms with Crippen molar-refractivity contribution in [1.82, 2.24) is 24.8 Å². The highest BCUT2D eigenvalue weighted by atomic mass is 19.4. The number of aromatic nitrogens is 3.